The van der Waals surface area contributed by atoms with Gasteiger partial charge in [0.25, 0.3) is 0 Å². The number of carbonyl (C=O) groups is 1. The molecule has 0 unspecified atom stereocenters. The molecule has 1 heterocycles. The van der Waals surface area contributed by atoms with E-state index in [1.165, 1.54) is 6.07 Å². The number of hydrogen-bond donors (Lipinski definition) is 1. The minimum absolute atomic E-state index is 0.0975. The van der Waals surface area contributed by atoms with Gasteiger partial charge in [0.15, 0.2) is 0 Å². The summed E-state index contributed by atoms with van der Waals surface area (Å²) in [4.78, 5) is 11.5. The molecule has 0 bridgehead atoms. The Morgan fingerprint density at radius 1 is 1.35 bits per heavy atom. The first-order valence-corrected chi connectivity index (χ1v) is 6.79. The number of carbonyl (C=O) groups excluding carboxylic acids is 1. The number of ether oxygens (including phenoxy) is 1. The highest BCUT2D eigenvalue weighted by Crippen LogP contribution is 2.44. The Kier molecular flexibility index (Phi) is 3.90. The second-order valence-electron chi connectivity index (χ2n) is 5.23. The molecule has 110 valence electrons. The molecule has 7 heteroatoms. The van der Waals surface area contributed by atoms with Gasteiger partial charge in [0, 0.05) is 10.3 Å². The molecule has 1 aliphatic rings. The van der Waals surface area contributed by atoms with Crippen LogP contribution in [0, 0.1) is 5.41 Å². The fraction of sp³-hybridized carbons (Fsp3) is 0.462. The van der Waals surface area contributed by atoms with Crippen molar-refractivity contribution in [3.63, 3.8) is 0 Å². The van der Waals surface area contributed by atoms with Crippen molar-refractivity contribution < 1.29 is 22.7 Å². The first kappa shape index (κ1) is 15.0. The van der Waals surface area contributed by atoms with Gasteiger partial charge in [-0.1, -0.05) is 32.0 Å². The molecule has 0 spiro atoms. The van der Waals surface area contributed by atoms with E-state index in [1.54, 1.807) is 18.2 Å². The van der Waals surface area contributed by atoms with Crippen molar-refractivity contribution in [2.45, 2.75) is 30.3 Å². The molecule has 1 fully saturated rings. The number of benzene rings is 1. The van der Waals surface area contributed by atoms with Crippen molar-refractivity contribution in [2.24, 2.45) is 5.41 Å². The maximum atomic E-state index is 12.6. The van der Waals surface area contributed by atoms with Gasteiger partial charge in [-0.25, -0.2) is 4.79 Å². The summed E-state index contributed by atoms with van der Waals surface area (Å²) in [6.07, 6.45) is -0.610. The second-order valence-corrected chi connectivity index (χ2v) is 6.33. The fourth-order valence-electron chi connectivity index (χ4n) is 2.13. The molecular weight excluding hydrogens is 291 g/mol. The predicted octanol–water partition coefficient (Wildman–Crippen LogP) is 4.11. The Bertz CT molecular complexity index is 517. The zero-order chi connectivity index (χ0) is 15.0. The third kappa shape index (κ3) is 3.39. The number of hydrogen-bond acceptors (Lipinski definition) is 3. The van der Waals surface area contributed by atoms with Crippen molar-refractivity contribution in [2.75, 3.05) is 6.61 Å². The number of cyclic esters (lactones) is 1. The van der Waals surface area contributed by atoms with Crippen LogP contribution in [0.2, 0.25) is 0 Å². The number of alkyl carbamates (subject to hydrolysis) is 1. The molecule has 1 amide bonds. The van der Waals surface area contributed by atoms with E-state index in [0.29, 0.717) is 5.56 Å². The lowest BCUT2D eigenvalue weighted by atomic mass is 9.80. The molecule has 0 aliphatic carbocycles. The van der Waals surface area contributed by atoms with Crippen molar-refractivity contribution >= 4 is 17.9 Å². The third-order valence-corrected chi connectivity index (χ3v) is 3.90. The molecule has 1 aromatic rings. The van der Waals surface area contributed by atoms with Gasteiger partial charge in [0.1, 0.15) is 6.61 Å². The Labute approximate surface area is 118 Å². The van der Waals surface area contributed by atoms with E-state index in [0.717, 1.165) is 0 Å². The summed E-state index contributed by atoms with van der Waals surface area (Å²) < 4.78 is 42.7. The summed E-state index contributed by atoms with van der Waals surface area (Å²) in [7, 11) is 0. The molecule has 3 nitrogen and oxygen atoms in total. The summed E-state index contributed by atoms with van der Waals surface area (Å²) in [6, 6.07) is 5.70. The normalized spacial score (nSPS) is 22.1. The zero-order valence-corrected chi connectivity index (χ0v) is 11.8. The highest BCUT2D eigenvalue weighted by molar-refractivity contribution is 8.00. The van der Waals surface area contributed by atoms with E-state index in [9.17, 15) is 18.0 Å². The lowest BCUT2D eigenvalue weighted by molar-refractivity contribution is -0.0329. The van der Waals surface area contributed by atoms with Gasteiger partial charge in [0.05, 0.1) is 6.04 Å². The smallest absolute Gasteiger partial charge is 0.446 e. The molecule has 0 saturated carbocycles. The quantitative estimate of drug-likeness (QED) is 0.836. The molecule has 1 atom stereocenters. The van der Waals surface area contributed by atoms with E-state index in [1.807, 2.05) is 13.8 Å². The summed E-state index contributed by atoms with van der Waals surface area (Å²) in [5.41, 5.74) is -4.40. The fourth-order valence-corrected chi connectivity index (χ4v) is 2.82. The molecule has 20 heavy (non-hydrogen) atoms. The standard InChI is InChI=1S/C13H14F3NO2S/c1-12(2)7-19-11(18)17-10(12)8-5-3-4-6-9(8)20-13(14,15)16/h3-6,10H,7H2,1-2H3,(H,17,18)/t10-/m0/s1. The average molecular weight is 305 g/mol. The van der Waals surface area contributed by atoms with E-state index < -0.39 is 23.1 Å². The van der Waals surface area contributed by atoms with Crippen molar-refractivity contribution in [3.05, 3.63) is 29.8 Å². The lowest BCUT2D eigenvalue weighted by Crippen LogP contribution is -2.47. The minimum atomic E-state index is -4.37. The number of nitrogens with one attached hydrogen (secondary N) is 1. The molecule has 1 N–H and O–H groups in total. The van der Waals surface area contributed by atoms with Crippen LogP contribution in [0.3, 0.4) is 0 Å². The lowest BCUT2D eigenvalue weighted by Gasteiger charge is -2.39. The van der Waals surface area contributed by atoms with E-state index >= 15 is 0 Å². The van der Waals surface area contributed by atoms with Crippen LogP contribution in [0.15, 0.2) is 29.2 Å². The molecular formula is C13H14F3NO2S. The maximum Gasteiger partial charge on any atom is 0.446 e. The van der Waals surface area contributed by atoms with Gasteiger partial charge < -0.3 is 10.1 Å². The van der Waals surface area contributed by atoms with Gasteiger partial charge >= 0.3 is 11.6 Å². The molecule has 1 saturated heterocycles. The first-order chi connectivity index (χ1) is 9.19. The van der Waals surface area contributed by atoms with E-state index in [-0.39, 0.29) is 23.3 Å². The van der Waals surface area contributed by atoms with Crippen LogP contribution in [-0.2, 0) is 4.74 Å². The SMILES string of the molecule is CC1(C)COC(=O)N[C@H]1c1ccccc1SC(F)(F)F. The van der Waals surface area contributed by atoms with Crippen molar-refractivity contribution in [1.82, 2.24) is 5.32 Å². The van der Waals surface area contributed by atoms with Crippen LogP contribution in [0.4, 0.5) is 18.0 Å². The Hall–Kier alpha value is -1.37. The third-order valence-electron chi connectivity index (χ3n) is 3.07. The number of rotatable bonds is 2. The highest BCUT2D eigenvalue weighted by atomic mass is 32.2. The van der Waals surface area contributed by atoms with Crippen molar-refractivity contribution in [1.29, 1.82) is 0 Å². The number of amides is 1. The first-order valence-electron chi connectivity index (χ1n) is 5.97. The highest BCUT2D eigenvalue weighted by Gasteiger charge is 2.40. The maximum absolute atomic E-state index is 12.6. The molecule has 1 aliphatic heterocycles. The van der Waals surface area contributed by atoms with Crippen molar-refractivity contribution in [3.8, 4) is 0 Å². The van der Waals surface area contributed by atoms with Crippen LogP contribution >= 0.6 is 11.8 Å². The van der Waals surface area contributed by atoms with Crippen LogP contribution in [0.1, 0.15) is 25.5 Å². The second kappa shape index (κ2) is 5.20. The monoisotopic (exact) mass is 305 g/mol. The Morgan fingerprint density at radius 3 is 2.65 bits per heavy atom. The molecule has 2 rings (SSSR count). The Morgan fingerprint density at radius 2 is 2.00 bits per heavy atom. The van der Waals surface area contributed by atoms with Gasteiger partial charge in [-0.2, -0.15) is 13.2 Å². The number of halogens is 3. The minimum Gasteiger partial charge on any atom is -0.449 e. The summed E-state index contributed by atoms with van der Waals surface area (Å²) >= 11 is -0.169. The summed E-state index contributed by atoms with van der Waals surface area (Å²) in [5, 5.41) is 2.61. The molecule has 0 radical (unpaired) electrons. The predicted molar refractivity (Wildman–Crippen MR) is 69.4 cm³/mol. The number of alkyl halides is 3. The van der Waals surface area contributed by atoms with Gasteiger partial charge in [-0.15, -0.1) is 0 Å². The van der Waals surface area contributed by atoms with Gasteiger partial charge in [-0.3, -0.25) is 0 Å². The summed E-state index contributed by atoms with van der Waals surface area (Å²) in [5.74, 6) is 0. The molecule has 1 aromatic carbocycles. The zero-order valence-electron chi connectivity index (χ0n) is 11.0. The topological polar surface area (TPSA) is 38.3 Å². The van der Waals surface area contributed by atoms with Crippen LogP contribution in [0.25, 0.3) is 0 Å². The molecule has 0 aromatic heterocycles. The summed E-state index contributed by atoms with van der Waals surface area (Å²) in [6.45, 7) is 3.84. The van der Waals surface area contributed by atoms with Gasteiger partial charge in [-0.05, 0) is 23.4 Å². The number of thioether (sulfide) groups is 1. The average Bonchev–Trinajstić information content (AvgIpc) is 2.31. The van der Waals surface area contributed by atoms with E-state index in [4.69, 9.17) is 4.74 Å². The van der Waals surface area contributed by atoms with Crippen LogP contribution in [0.5, 0.6) is 0 Å². The Balaban J connectivity index is 2.38. The van der Waals surface area contributed by atoms with Crippen LogP contribution in [-0.4, -0.2) is 18.2 Å². The van der Waals surface area contributed by atoms with Crippen LogP contribution < -0.4 is 5.32 Å². The van der Waals surface area contributed by atoms with Gasteiger partial charge in [0.2, 0.25) is 0 Å². The van der Waals surface area contributed by atoms with E-state index in [2.05, 4.69) is 5.32 Å². The largest absolute Gasteiger partial charge is 0.449 e.